The van der Waals surface area contributed by atoms with Crippen LogP contribution in [0.2, 0.25) is 11.1 Å². The van der Waals surface area contributed by atoms with Crippen molar-refractivity contribution >= 4 is 31.9 Å². The Morgan fingerprint density at radius 3 is 2.90 bits per heavy atom. The predicted molar refractivity (Wildman–Crippen MR) is 72.1 cm³/mol. The maximum atomic E-state index is 10.2. The second-order valence-electron chi connectivity index (χ2n) is 4.58. The normalized spacial score (nSPS) is 30.1. The summed E-state index contributed by atoms with van der Waals surface area (Å²) in [5, 5.41) is 20.9. The molecule has 0 aromatic carbocycles. The van der Waals surface area contributed by atoms with Crippen LogP contribution in [0, 0.1) is 0 Å². The van der Waals surface area contributed by atoms with Gasteiger partial charge >= 0.3 is 120 Å². The minimum absolute atomic E-state index is 0.273. The zero-order valence-corrected chi connectivity index (χ0v) is 12.5. The van der Waals surface area contributed by atoms with Gasteiger partial charge in [-0.2, -0.15) is 0 Å². The second kappa shape index (κ2) is 5.27. The Hall–Kier alpha value is -1.25. The molecule has 0 bridgehead atoms. The number of rotatable bonds is 3. The van der Waals surface area contributed by atoms with Crippen molar-refractivity contribution in [1.29, 1.82) is 0 Å². The van der Waals surface area contributed by atoms with Crippen molar-refractivity contribution in [2.45, 2.75) is 35.7 Å². The van der Waals surface area contributed by atoms with E-state index in [1.165, 1.54) is 12.7 Å². The van der Waals surface area contributed by atoms with Crippen LogP contribution < -0.4 is 5.73 Å². The first-order valence-electron chi connectivity index (χ1n) is 6.07. The number of nitrogens with two attached hydrogens (primary N) is 1. The summed E-state index contributed by atoms with van der Waals surface area (Å²) >= 11 is 0.351. The summed E-state index contributed by atoms with van der Waals surface area (Å²) in [6.07, 6.45) is -0.168. The second-order valence-corrected chi connectivity index (χ2v) is 6.50. The van der Waals surface area contributed by atoms with E-state index in [0.29, 0.717) is 26.1 Å². The average Bonchev–Trinajstić information content (AvgIpc) is 2.97. The molecule has 0 spiro atoms. The monoisotopic (exact) mass is 345 g/mol. The minimum atomic E-state index is -1.02. The van der Waals surface area contributed by atoms with Gasteiger partial charge in [0.25, 0.3) is 0 Å². The third-order valence-corrected chi connectivity index (χ3v) is 4.72. The fourth-order valence-electron chi connectivity index (χ4n) is 2.32. The topological polar surface area (TPSA) is 119 Å². The van der Waals surface area contributed by atoms with E-state index in [0.717, 1.165) is 5.32 Å². The summed E-state index contributed by atoms with van der Waals surface area (Å²) in [4.78, 5) is 12.1. The van der Waals surface area contributed by atoms with E-state index in [1.807, 2.05) is 0 Å². The first kappa shape index (κ1) is 13.7. The molecular formula is C11H15N5O3Se. The molecule has 4 N–H and O–H groups in total. The van der Waals surface area contributed by atoms with Gasteiger partial charge in [-0.25, -0.2) is 0 Å². The molecule has 1 aliphatic heterocycles. The van der Waals surface area contributed by atoms with E-state index in [4.69, 9.17) is 10.5 Å². The molecule has 0 saturated carbocycles. The number of fused-ring (bicyclic) bond motifs is 1. The van der Waals surface area contributed by atoms with Crippen molar-refractivity contribution in [2.75, 3.05) is 5.73 Å². The number of imidazole rings is 1. The van der Waals surface area contributed by atoms with E-state index in [1.54, 1.807) is 4.57 Å². The molecule has 2 aromatic rings. The molecule has 3 heterocycles. The molecule has 0 radical (unpaired) electrons. The zero-order valence-electron chi connectivity index (χ0n) is 10.7. The third kappa shape index (κ3) is 2.07. The molecule has 8 nitrogen and oxygen atoms in total. The zero-order chi connectivity index (χ0) is 14.3. The van der Waals surface area contributed by atoms with Gasteiger partial charge in [-0.05, 0) is 0 Å². The summed E-state index contributed by atoms with van der Waals surface area (Å²) in [5.41, 5.74) is 6.67. The van der Waals surface area contributed by atoms with Crippen LogP contribution >= 0.6 is 0 Å². The van der Waals surface area contributed by atoms with Crippen LogP contribution in [0.4, 0.5) is 5.82 Å². The predicted octanol–water partition coefficient (Wildman–Crippen LogP) is -0.802. The average molecular weight is 344 g/mol. The quantitative estimate of drug-likeness (QED) is 0.624. The molecule has 108 valence electrons. The summed E-state index contributed by atoms with van der Waals surface area (Å²) in [7, 11) is 0. The number of anilines is 1. The van der Waals surface area contributed by atoms with Crippen LogP contribution in [0.3, 0.4) is 0 Å². The fourth-order valence-corrected chi connectivity index (χ4v) is 3.59. The van der Waals surface area contributed by atoms with E-state index < -0.39 is 18.4 Å². The summed E-state index contributed by atoms with van der Waals surface area (Å²) in [6.45, 7) is 0. The molecule has 4 atom stereocenters. The first-order chi connectivity index (χ1) is 9.63. The van der Waals surface area contributed by atoms with Crippen molar-refractivity contribution in [3.63, 3.8) is 0 Å². The number of aromatic nitrogens is 4. The van der Waals surface area contributed by atoms with Gasteiger partial charge in [-0.15, -0.1) is 0 Å². The number of hydrogen-bond donors (Lipinski definition) is 3. The van der Waals surface area contributed by atoms with E-state index >= 15 is 0 Å². The van der Waals surface area contributed by atoms with Crippen LogP contribution in [0.1, 0.15) is 6.23 Å². The molecule has 0 amide bonds. The molecule has 1 fully saturated rings. The van der Waals surface area contributed by atoms with Crippen molar-refractivity contribution < 1.29 is 14.9 Å². The van der Waals surface area contributed by atoms with Gasteiger partial charge in [-0.3, -0.25) is 0 Å². The maximum absolute atomic E-state index is 10.2. The Bertz CT molecular complexity index is 621. The van der Waals surface area contributed by atoms with Gasteiger partial charge in [0.1, 0.15) is 0 Å². The van der Waals surface area contributed by atoms with Crippen molar-refractivity contribution in [1.82, 2.24) is 19.5 Å². The van der Waals surface area contributed by atoms with Gasteiger partial charge in [0, 0.05) is 0 Å². The van der Waals surface area contributed by atoms with Crippen LogP contribution in [-0.2, 0) is 4.74 Å². The number of aliphatic hydroxyl groups excluding tert-OH is 2. The van der Waals surface area contributed by atoms with Crippen LogP contribution in [0.5, 0.6) is 0 Å². The van der Waals surface area contributed by atoms with Crippen LogP contribution in [0.15, 0.2) is 12.7 Å². The van der Waals surface area contributed by atoms with Crippen LogP contribution in [-0.4, -0.2) is 63.0 Å². The van der Waals surface area contributed by atoms with E-state index in [9.17, 15) is 10.2 Å². The number of aliphatic hydroxyl groups is 2. The summed E-state index contributed by atoms with van der Waals surface area (Å²) in [5.74, 6) is 2.33. The molecule has 20 heavy (non-hydrogen) atoms. The van der Waals surface area contributed by atoms with Gasteiger partial charge in [0.15, 0.2) is 0 Å². The third-order valence-electron chi connectivity index (χ3n) is 3.33. The van der Waals surface area contributed by atoms with Crippen molar-refractivity contribution in [3.8, 4) is 0 Å². The van der Waals surface area contributed by atoms with Crippen LogP contribution in [0.25, 0.3) is 11.2 Å². The Balaban J connectivity index is 1.97. The molecule has 1 saturated heterocycles. The van der Waals surface area contributed by atoms with E-state index in [2.05, 4.69) is 20.8 Å². The summed E-state index contributed by atoms with van der Waals surface area (Å²) in [6, 6.07) is 0. The molecule has 9 heteroatoms. The van der Waals surface area contributed by atoms with Gasteiger partial charge in [-0.1, -0.05) is 0 Å². The van der Waals surface area contributed by atoms with Crippen molar-refractivity contribution in [2.24, 2.45) is 0 Å². The Morgan fingerprint density at radius 1 is 1.35 bits per heavy atom. The SMILES string of the molecule is C[Se]C[C@H]1O[C@@H](n2cnc3c(N)ncnc32)C(O)C1O. The Kier molecular flexibility index (Phi) is 3.61. The Morgan fingerprint density at radius 2 is 2.15 bits per heavy atom. The number of nitrogen functional groups attached to an aromatic ring is 1. The van der Waals surface area contributed by atoms with Gasteiger partial charge < -0.3 is 0 Å². The van der Waals surface area contributed by atoms with E-state index in [-0.39, 0.29) is 11.9 Å². The molecular weight excluding hydrogens is 329 g/mol. The number of hydrogen-bond acceptors (Lipinski definition) is 7. The number of ether oxygens (including phenoxy) is 1. The molecule has 2 unspecified atom stereocenters. The standard InChI is InChI=1S/C11H15N5O3Se/c1-20-2-5-7(17)8(18)11(19-5)16-4-15-6-9(12)13-3-14-10(6)16/h3-5,7-8,11,17-18H,2H2,1H3,(H2,12,13,14)/t5-,7?,8?,11-/m1/s1. The molecule has 3 rings (SSSR count). The fraction of sp³-hybridized carbons (Fsp3) is 0.545. The first-order valence-corrected chi connectivity index (χ1v) is 8.99. The van der Waals surface area contributed by atoms with Gasteiger partial charge in [0.2, 0.25) is 0 Å². The Labute approximate surface area is 121 Å². The molecule has 0 aliphatic carbocycles. The van der Waals surface area contributed by atoms with Crippen molar-refractivity contribution in [3.05, 3.63) is 12.7 Å². The number of nitrogens with zero attached hydrogens (tertiary/aromatic N) is 4. The molecule has 2 aromatic heterocycles. The van der Waals surface area contributed by atoms with Gasteiger partial charge in [0.05, 0.1) is 0 Å². The molecule has 1 aliphatic rings. The summed E-state index contributed by atoms with van der Waals surface area (Å²) < 4.78 is 7.34.